The predicted molar refractivity (Wildman–Crippen MR) is 130 cm³/mol. The Hall–Kier alpha value is -3.95. The maximum atomic E-state index is 15.3. The number of halogens is 5. The number of ether oxygens (including phenoxy) is 1. The summed E-state index contributed by atoms with van der Waals surface area (Å²) < 4.78 is 77.4. The van der Waals surface area contributed by atoms with Crippen LogP contribution in [0.15, 0.2) is 48.8 Å². The highest BCUT2D eigenvalue weighted by molar-refractivity contribution is 5.72. The molecule has 6 rings (SSSR count). The van der Waals surface area contributed by atoms with E-state index >= 15 is 4.39 Å². The van der Waals surface area contributed by atoms with Gasteiger partial charge >= 0.3 is 6.18 Å². The van der Waals surface area contributed by atoms with Crippen molar-refractivity contribution in [2.75, 3.05) is 4.90 Å². The highest BCUT2D eigenvalue weighted by Gasteiger charge is 2.36. The average Bonchev–Trinajstić information content (AvgIpc) is 3.56. The van der Waals surface area contributed by atoms with Crippen LogP contribution in [0.4, 0.5) is 27.6 Å². The number of rotatable bonds is 5. The lowest BCUT2D eigenvalue weighted by atomic mass is 9.95. The van der Waals surface area contributed by atoms with Crippen molar-refractivity contribution in [2.24, 2.45) is 5.92 Å². The van der Waals surface area contributed by atoms with E-state index in [1.165, 1.54) is 12.1 Å². The Labute approximate surface area is 215 Å². The zero-order valence-corrected chi connectivity index (χ0v) is 20.4. The fourth-order valence-corrected chi connectivity index (χ4v) is 5.28. The molecule has 0 fully saturated rings. The summed E-state index contributed by atoms with van der Waals surface area (Å²) in [6.45, 7) is 2.74. The van der Waals surface area contributed by atoms with Gasteiger partial charge in [-0.25, -0.2) is 13.8 Å². The molecule has 0 spiro atoms. The molecule has 2 aromatic heterocycles. The topological polar surface area (TPSA) is 54.0 Å². The number of fused-ring (bicyclic) bond motifs is 2. The third-order valence-electron chi connectivity index (χ3n) is 7.18. The number of pyridine rings is 1. The molecular weight excluding hydrogens is 503 g/mol. The number of aromatic nitrogens is 3. The SMILES string of the molecule is CC1Cc2cnc(OCc3cc(-c4ccc(N5Cc6c[nH]nc6C5)cc4F)c(C(F)(F)F)cc3F)cc2C1. The molecular formula is C28H23F5N4O. The van der Waals surface area contributed by atoms with Gasteiger partial charge in [0, 0.05) is 47.4 Å². The predicted octanol–water partition coefficient (Wildman–Crippen LogP) is 6.60. The van der Waals surface area contributed by atoms with E-state index in [4.69, 9.17) is 4.74 Å². The minimum Gasteiger partial charge on any atom is -0.473 e. The first kappa shape index (κ1) is 24.4. The molecule has 1 N–H and O–H groups in total. The normalized spacial score (nSPS) is 16.6. The van der Waals surface area contributed by atoms with E-state index in [2.05, 4.69) is 22.1 Å². The second-order valence-corrected chi connectivity index (χ2v) is 9.96. The molecule has 1 aliphatic heterocycles. The standard InChI is InChI=1S/C28H23F5N4O/c1-15-4-16-7-27(34-10-17(16)5-15)38-14-18-6-22(23(9-24(18)29)28(31,32)33)21-3-2-20(8-25(21)30)37-12-19-11-35-36-26(19)13-37/h2-3,6-11,15H,4-5,12-14H2,1H3,(H,35,36). The molecule has 0 saturated heterocycles. The van der Waals surface area contributed by atoms with Gasteiger partial charge in [-0.3, -0.25) is 5.10 Å². The van der Waals surface area contributed by atoms with Crippen LogP contribution in [0.25, 0.3) is 11.1 Å². The van der Waals surface area contributed by atoms with Crippen LogP contribution in [-0.4, -0.2) is 15.2 Å². The molecule has 5 nitrogen and oxygen atoms in total. The Balaban J connectivity index is 1.30. The quantitative estimate of drug-likeness (QED) is 0.298. The molecule has 38 heavy (non-hydrogen) atoms. The van der Waals surface area contributed by atoms with Gasteiger partial charge in [-0.1, -0.05) is 6.92 Å². The Morgan fingerprint density at radius 2 is 1.79 bits per heavy atom. The molecule has 10 heteroatoms. The van der Waals surface area contributed by atoms with Crippen molar-refractivity contribution in [3.63, 3.8) is 0 Å². The molecule has 0 saturated carbocycles. The summed E-state index contributed by atoms with van der Waals surface area (Å²) in [6.07, 6.45) is 0.389. The summed E-state index contributed by atoms with van der Waals surface area (Å²) >= 11 is 0. The van der Waals surface area contributed by atoms with Crippen LogP contribution in [0.3, 0.4) is 0 Å². The van der Waals surface area contributed by atoms with Crippen LogP contribution in [0, 0.1) is 17.6 Å². The first-order chi connectivity index (χ1) is 18.2. The summed E-state index contributed by atoms with van der Waals surface area (Å²) in [5.74, 6) is -1.17. The van der Waals surface area contributed by atoms with E-state index in [0.29, 0.717) is 30.8 Å². The Morgan fingerprint density at radius 3 is 2.55 bits per heavy atom. The van der Waals surface area contributed by atoms with Crippen LogP contribution >= 0.6 is 0 Å². The molecule has 0 amide bonds. The van der Waals surface area contributed by atoms with Crippen LogP contribution in [-0.2, 0) is 38.7 Å². The van der Waals surface area contributed by atoms with Crippen molar-refractivity contribution in [2.45, 2.75) is 45.6 Å². The fraction of sp³-hybridized carbons (Fsp3) is 0.286. The van der Waals surface area contributed by atoms with E-state index in [9.17, 15) is 17.6 Å². The molecule has 2 aliphatic rings. The number of hydrogen-bond donors (Lipinski definition) is 1. The molecule has 196 valence electrons. The zero-order valence-electron chi connectivity index (χ0n) is 20.4. The number of nitrogens with zero attached hydrogens (tertiary/aromatic N) is 3. The number of hydrogen-bond acceptors (Lipinski definition) is 4. The largest absolute Gasteiger partial charge is 0.473 e. The van der Waals surface area contributed by atoms with E-state index in [-0.39, 0.29) is 23.6 Å². The fourth-order valence-electron chi connectivity index (χ4n) is 5.28. The van der Waals surface area contributed by atoms with Crippen molar-refractivity contribution in [3.05, 3.63) is 93.9 Å². The van der Waals surface area contributed by atoms with Gasteiger partial charge in [-0.2, -0.15) is 18.3 Å². The van der Waals surface area contributed by atoms with Crippen molar-refractivity contribution < 1.29 is 26.7 Å². The first-order valence-corrected chi connectivity index (χ1v) is 12.2. The van der Waals surface area contributed by atoms with Gasteiger partial charge in [0.25, 0.3) is 0 Å². The van der Waals surface area contributed by atoms with Crippen molar-refractivity contribution in [3.8, 4) is 17.0 Å². The summed E-state index contributed by atoms with van der Waals surface area (Å²) in [7, 11) is 0. The minimum atomic E-state index is -4.89. The van der Waals surface area contributed by atoms with Gasteiger partial charge in [0.1, 0.15) is 18.2 Å². The second-order valence-electron chi connectivity index (χ2n) is 9.96. The molecule has 1 unspecified atom stereocenters. The van der Waals surface area contributed by atoms with Gasteiger partial charge in [-0.05, 0) is 65.8 Å². The maximum Gasteiger partial charge on any atom is 0.417 e. The van der Waals surface area contributed by atoms with Crippen molar-refractivity contribution in [1.29, 1.82) is 0 Å². The highest BCUT2D eigenvalue weighted by atomic mass is 19.4. The molecule has 1 atom stereocenters. The third-order valence-corrected chi connectivity index (χ3v) is 7.18. The molecule has 0 bridgehead atoms. The number of H-pyrrole nitrogens is 1. The number of aromatic amines is 1. The van der Waals surface area contributed by atoms with Crippen LogP contribution in [0.2, 0.25) is 0 Å². The lowest BCUT2D eigenvalue weighted by Crippen LogP contribution is -2.15. The van der Waals surface area contributed by atoms with Gasteiger partial charge in [0.2, 0.25) is 5.88 Å². The van der Waals surface area contributed by atoms with Crippen LogP contribution in [0.1, 0.15) is 40.4 Å². The summed E-state index contributed by atoms with van der Waals surface area (Å²) in [6, 6.07) is 7.24. The van der Waals surface area contributed by atoms with Gasteiger partial charge in [0.05, 0.1) is 17.8 Å². The van der Waals surface area contributed by atoms with E-state index in [1.807, 2.05) is 4.90 Å². The second kappa shape index (κ2) is 9.11. The zero-order chi connectivity index (χ0) is 26.6. The van der Waals surface area contributed by atoms with Gasteiger partial charge in [-0.15, -0.1) is 0 Å². The first-order valence-electron chi connectivity index (χ1n) is 12.2. The van der Waals surface area contributed by atoms with E-state index < -0.39 is 28.9 Å². The van der Waals surface area contributed by atoms with Crippen molar-refractivity contribution in [1.82, 2.24) is 15.2 Å². The minimum absolute atomic E-state index is 0.128. The Morgan fingerprint density at radius 1 is 0.974 bits per heavy atom. The van der Waals surface area contributed by atoms with E-state index in [1.54, 1.807) is 24.5 Å². The average molecular weight is 527 g/mol. The number of nitrogens with one attached hydrogen (secondary N) is 1. The lowest BCUT2D eigenvalue weighted by molar-refractivity contribution is -0.137. The Kier molecular flexibility index (Phi) is 5.85. The highest BCUT2D eigenvalue weighted by Crippen LogP contribution is 2.41. The number of benzene rings is 2. The number of anilines is 1. The number of alkyl halides is 3. The van der Waals surface area contributed by atoms with Crippen LogP contribution < -0.4 is 9.64 Å². The molecule has 1 aliphatic carbocycles. The van der Waals surface area contributed by atoms with Crippen LogP contribution in [0.5, 0.6) is 5.88 Å². The summed E-state index contributed by atoms with van der Waals surface area (Å²) in [4.78, 5) is 6.12. The molecule has 3 heterocycles. The maximum absolute atomic E-state index is 15.3. The smallest absolute Gasteiger partial charge is 0.417 e. The third kappa shape index (κ3) is 4.48. The monoisotopic (exact) mass is 526 g/mol. The molecule has 4 aromatic rings. The van der Waals surface area contributed by atoms with Crippen molar-refractivity contribution >= 4 is 5.69 Å². The van der Waals surface area contributed by atoms with E-state index in [0.717, 1.165) is 41.3 Å². The summed E-state index contributed by atoms with van der Waals surface area (Å²) in [5, 5.41) is 6.91. The molecule has 2 aromatic carbocycles. The van der Waals surface area contributed by atoms with Gasteiger partial charge in [0.15, 0.2) is 0 Å². The Bertz CT molecular complexity index is 1510. The van der Waals surface area contributed by atoms with Gasteiger partial charge < -0.3 is 9.64 Å². The summed E-state index contributed by atoms with van der Waals surface area (Å²) in [5.41, 5.74) is 2.45. The molecule has 0 radical (unpaired) electrons. The lowest BCUT2D eigenvalue weighted by Gasteiger charge is -2.20.